The molecule has 0 aromatic carbocycles. The lowest BCUT2D eigenvalue weighted by atomic mass is 9.94. The third-order valence-corrected chi connectivity index (χ3v) is 4.44. The number of piperidine rings is 1. The number of anilines is 1. The van der Waals surface area contributed by atoms with E-state index < -0.39 is 0 Å². The van der Waals surface area contributed by atoms with Gasteiger partial charge in [0.2, 0.25) is 0 Å². The van der Waals surface area contributed by atoms with Gasteiger partial charge < -0.3 is 19.8 Å². The number of pyridine rings is 1. The molecular formula is C16H24N4O. The van der Waals surface area contributed by atoms with Crippen molar-refractivity contribution in [1.82, 2.24) is 9.38 Å². The van der Waals surface area contributed by atoms with E-state index in [4.69, 9.17) is 15.5 Å². The second-order valence-electron chi connectivity index (χ2n) is 6.03. The molecule has 1 atom stereocenters. The van der Waals surface area contributed by atoms with Gasteiger partial charge in [0.25, 0.3) is 0 Å². The highest BCUT2D eigenvalue weighted by Gasteiger charge is 2.32. The zero-order chi connectivity index (χ0) is 14.9. The van der Waals surface area contributed by atoms with Crippen LogP contribution in [0.15, 0.2) is 24.4 Å². The largest absolute Gasteiger partial charge is 0.377 e. The number of fused-ring (bicyclic) bond motifs is 1. The first-order valence-electron chi connectivity index (χ1n) is 7.63. The van der Waals surface area contributed by atoms with Gasteiger partial charge in [-0.1, -0.05) is 6.07 Å². The van der Waals surface area contributed by atoms with Crippen LogP contribution in [0.5, 0.6) is 0 Å². The number of methoxy groups -OCH3 is 1. The smallest absolute Gasteiger partial charge is 0.151 e. The molecule has 2 aromatic heterocycles. The molecule has 0 aliphatic carbocycles. The van der Waals surface area contributed by atoms with Crippen LogP contribution in [0, 0.1) is 0 Å². The molecule has 1 fully saturated rings. The summed E-state index contributed by atoms with van der Waals surface area (Å²) in [6, 6.07) is 6.10. The second-order valence-corrected chi connectivity index (χ2v) is 6.03. The van der Waals surface area contributed by atoms with Gasteiger partial charge in [-0.2, -0.15) is 0 Å². The number of nitrogens with two attached hydrogens (primary N) is 1. The molecule has 0 spiro atoms. The van der Waals surface area contributed by atoms with Crippen LogP contribution in [0.1, 0.15) is 25.5 Å². The average molecular weight is 288 g/mol. The van der Waals surface area contributed by atoms with Crippen molar-refractivity contribution in [3.8, 4) is 0 Å². The summed E-state index contributed by atoms with van der Waals surface area (Å²) < 4.78 is 7.86. The first-order chi connectivity index (χ1) is 10.2. The Morgan fingerprint density at radius 3 is 3.05 bits per heavy atom. The standard InChI is InChI=1S/C16H24N4O/c1-16(21-2)8-5-10-19(12-16)15-13(7-9-17)20-11-4-3-6-14(20)18-15/h3-4,6,11H,5,7-10,12,17H2,1-2H3. The molecule has 1 aliphatic rings. The topological polar surface area (TPSA) is 55.8 Å². The molecule has 1 saturated heterocycles. The summed E-state index contributed by atoms with van der Waals surface area (Å²) in [5.74, 6) is 1.06. The maximum Gasteiger partial charge on any atom is 0.151 e. The zero-order valence-electron chi connectivity index (χ0n) is 12.9. The molecule has 0 bridgehead atoms. The van der Waals surface area contributed by atoms with Gasteiger partial charge in [-0.05, 0) is 38.4 Å². The first kappa shape index (κ1) is 14.4. The Balaban J connectivity index is 2.01. The van der Waals surface area contributed by atoms with E-state index in [0.29, 0.717) is 6.54 Å². The van der Waals surface area contributed by atoms with Crippen LogP contribution in [0.2, 0.25) is 0 Å². The van der Waals surface area contributed by atoms with E-state index in [1.165, 1.54) is 5.69 Å². The predicted molar refractivity (Wildman–Crippen MR) is 84.8 cm³/mol. The summed E-state index contributed by atoms with van der Waals surface area (Å²) >= 11 is 0. The zero-order valence-corrected chi connectivity index (χ0v) is 12.9. The van der Waals surface area contributed by atoms with Gasteiger partial charge in [-0.15, -0.1) is 0 Å². The number of rotatable bonds is 4. The fourth-order valence-corrected chi connectivity index (χ4v) is 3.21. The van der Waals surface area contributed by atoms with Crippen LogP contribution in [0.4, 0.5) is 5.82 Å². The van der Waals surface area contributed by atoms with Crippen LogP contribution in [-0.4, -0.2) is 41.7 Å². The minimum absolute atomic E-state index is 0.0893. The summed E-state index contributed by atoms with van der Waals surface area (Å²) in [4.78, 5) is 7.18. The fourth-order valence-electron chi connectivity index (χ4n) is 3.21. The minimum atomic E-state index is -0.0893. The van der Waals surface area contributed by atoms with Crippen molar-refractivity contribution in [2.45, 2.75) is 31.8 Å². The van der Waals surface area contributed by atoms with E-state index in [9.17, 15) is 0 Å². The van der Waals surface area contributed by atoms with Gasteiger partial charge in [0.05, 0.1) is 11.3 Å². The molecule has 21 heavy (non-hydrogen) atoms. The second kappa shape index (κ2) is 5.66. The Bertz CT molecular complexity index is 624. The summed E-state index contributed by atoms with van der Waals surface area (Å²) in [7, 11) is 1.80. The quantitative estimate of drug-likeness (QED) is 0.932. The van der Waals surface area contributed by atoms with E-state index in [2.05, 4.69) is 22.4 Å². The number of nitrogens with zero attached hydrogens (tertiary/aromatic N) is 3. The highest BCUT2D eigenvalue weighted by Crippen LogP contribution is 2.30. The Morgan fingerprint density at radius 1 is 1.43 bits per heavy atom. The highest BCUT2D eigenvalue weighted by atomic mass is 16.5. The molecule has 0 radical (unpaired) electrons. The molecule has 0 saturated carbocycles. The van der Waals surface area contributed by atoms with Gasteiger partial charge in [0.15, 0.2) is 5.82 Å². The van der Waals surface area contributed by atoms with Crippen molar-refractivity contribution < 1.29 is 4.74 Å². The lowest BCUT2D eigenvalue weighted by Gasteiger charge is -2.40. The molecular weight excluding hydrogens is 264 g/mol. The van der Waals surface area contributed by atoms with Gasteiger partial charge in [-0.25, -0.2) is 4.98 Å². The van der Waals surface area contributed by atoms with E-state index in [1.807, 2.05) is 18.2 Å². The summed E-state index contributed by atoms with van der Waals surface area (Å²) in [6.45, 7) is 4.72. The lowest BCUT2D eigenvalue weighted by molar-refractivity contribution is -0.00482. The van der Waals surface area contributed by atoms with Crippen molar-refractivity contribution in [1.29, 1.82) is 0 Å². The average Bonchev–Trinajstić information content (AvgIpc) is 2.87. The fraction of sp³-hybridized carbons (Fsp3) is 0.562. The normalized spacial score (nSPS) is 22.9. The maximum atomic E-state index is 5.80. The van der Waals surface area contributed by atoms with Crippen LogP contribution < -0.4 is 10.6 Å². The van der Waals surface area contributed by atoms with Crippen molar-refractivity contribution in [3.63, 3.8) is 0 Å². The molecule has 5 nitrogen and oxygen atoms in total. The van der Waals surface area contributed by atoms with Crippen LogP contribution in [0.3, 0.4) is 0 Å². The molecule has 1 aliphatic heterocycles. The third kappa shape index (κ3) is 2.63. The summed E-state index contributed by atoms with van der Waals surface area (Å²) in [5, 5.41) is 0. The van der Waals surface area contributed by atoms with Crippen molar-refractivity contribution in [2.75, 3.05) is 31.6 Å². The van der Waals surface area contributed by atoms with Gasteiger partial charge in [0.1, 0.15) is 5.65 Å². The molecule has 0 amide bonds. The molecule has 2 N–H and O–H groups in total. The Labute approximate surface area is 125 Å². The Morgan fingerprint density at radius 2 is 2.29 bits per heavy atom. The summed E-state index contributed by atoms with van der Waals surface area (Å²) in [5.41, 5.74) is 7.90. The first-order valence-corrected chi connectivity index (χ1v) is 7.63. The Kier molecular flexibility index (Phi) is 3.87. The van der Waals surface area contributed by atoms with Crippen molar-refractivity contribution in [3.05, 3.63) is 30.1 Å². The number of hydrogen-bond donors (Lipinski definition) is 1. The van der Waals surface area contributed by atoms with Crippen molar-refractivity contribution >= 4 is 11.5 Å². The minimum Gasteiger partial charge on any atom is -0.377 e. The van der Waals surface area contributed by atoms with Crippen LogP contribution in [0.25, 0.3) is 5.65 Å². The van der Waals surface area contributed by atoms with Gasteiger partial charge >= 0.3 is 0 Å². The van der Waals surface area contributed by atoms with E-state index >= 15 is 0 Å². The van der Waals surface area contributed by atoms with Gasteiger partial charge in [-0.3, -0.25) is 0 Å². The molecule has 114 valence electrons. The monoisotopic (exact) mass is 288 g/mol. The molecule has 3 rings (SSSR count). The maximum absolute atomic E-state index is 5.80. The molecule has 1 unspecified atom stereocenters. The van der Waals surface area contributed by atoms with Crippen LogP contribution in [-0.2, 0) is 11.2 Å². The highest BCUT2D eigenvalue weighted by molar-refractivity contribution is 5.56. The molecule has 5 heteroatoms. The third-order valence-electron chi connectivity index (χ3n) is 4.44. The number of aromatic nitrogens is 2. The number of ether oxygens (including phenoxy) is 1. The number of hydrogen-bond acceptors (Lipinski definition) is 4. The lowest BCUT2D eigenvalue weighted by Crippen LogP contribution is -2.48. The van der Waals surface area contributed by atoms with E-state index in [0.717, 1.165) is 43.8 Å². The molecule has 2 aromatic rings. The molecule has 3 heterocycles. The van der Waals surface area contributed by atoms with Crippen molar-refractivity contribution in [2.24, 2.45) is 5.73 Å². The van der Waals surface area contributed by atoms with E-state index in [1.54, 1.807) is 7.11 Å². The summed E-state index contributed by atoms with van der Waals surface area (Å²) in [6.07, 6.45) is 5.12. The number of imidazole rings is 1. The van der Waals surface area contributed by atoms with E-state index in [-0.39, 0.29) is 5.60 Å². The van der Waals surface area contributed by atoms with Gasteiger partial charge in [0, 0.05) is 32.8 Å². The SMILES string of the molecule is COC1(C)CCCN(c2nc3ccccn3c2CCN)C1. The predicted octanol–water partition coefficient (Wildman–Crippen LogP) is 1.84. The van der Waals surface area contributed by atoms with Crippen LogP contribution >= 0.6 is 0 Å². The Hall–Kier alpha value is -1.59.